The van der Waals surface area contributed by atoms with E-state index in [1.54, 1.807) is 12.4 Å². The molecule has 0 aliphatic heterocycles. The van der Waals surface area contributed by atoms with E-state index in [2.05, 4.69) is 56.9 Å². The van der Waals surface area contributed by atoms with Gasteiger partial charge in [0.15, 0.2) is 17.4 Å². The maximum Gasteiger partial charge on any atom is 0.225 e. The molecule has 0 aliphatic rings. The second-order valence-electron chi connectivity index (χ2n) is 5.70. The summed E-state index contributed by atoms with van der Waals surface area (Å²) in [5.74, 6) is 2.38. The van der Waals surface area contributed by atoms with Crippen LogP contribution in [0.25, 0.3) is 11.4 Å². The van der Waals surface area contributed by atoms with Crippen LogP contribution in [0.4, 0.5) is 17.6 Å². The number of hydrogen-bond donors (Lipinski definition) is 3. The Balaban J connectivity index is 1.44. The molecule has 0 fully saturated rings. The van der Waals surface area contributed by atoms with E-state index in [9.17, 15) is 0 Å². The summed E-state index contributed by atoms with van der Waals surface area (Å²) < 4.78 is 6.07. The zero-order chi connectivity index (χ0) is 18.6. The molecule has 0 saturated carbocycles. The number of aromatic nitrogens is 6. The number of nitrogens with zero attached hydrogens (tertiary/aromatic N) is 5. The summed E-state index contributed by atoms with van der Waals surface area (Å²) >= 11 is 3.43. The molecule has 4 rings (SSSR count). The summed E-state index contributed by atoms with van der Waals surface area (Å²) in [7, 11) is 0. The van der Waals surface area contributed by atoms with Crippen LogP contribution in [0.3, 0.4) is 0 Å². The van der Waals surface area contributed by atoms with E-state index in [0.29, 0.717) is 35.6 Å². The Kier molecular flexibility index (Phi) is 4.79. The van der Waals surface area contributed by atoms with Gasteiger partial charge in [-0.05, 0) is 35.0 Å². The van der Waals surface area contributed by atoms with Gasteiger partial charge in [-0.2, -0.15) is 10.1 Å². The zero-order valence-electron chi connectivity index (χ0n) is 14.3. The molecule has 0 radical (unpaired) electrons. The highest BCUT2D eigenvalue weighted by Crippen LogP contribution is 2.24. The molecule has 3 N–H and O–H groups in total. The Morgan fingerprint density at radius 2 is 2.11 bits per heavy atom. The van der Waals surface area contributed by atoms with Crippen LogP contribution >= 0.6 is 15.9 Å². The molecular formula is C17H15BrN8O. The van der Waals surface area contributed by atoms with Crippen LogP contribution in [0.15, 0.2) is 51.7 Å². The first kappa shape index (κ1) is 17.2. The van der Waals surface area contributed by atoms with E-state index < -0.39 is 0 Å². The number of aromatic amines is 1. The highest BCUT2D eigenvalue weighted by atomic mass is 79.9. The summed E-state index contributed by atoms with van der Waals surface area (Å²) in [4.78, 5) is 13.0. The molecule has 0 aromatic carbocycles. The number of hydrogen-bond acceptors (Lipinski definition) is 8. The van der Waals surface area contributed by atoms with E-state index in [-0.39, 0.29) is 0 Å². The van der Waals surface area contributed by atoms with Crippen molar-refractivity contribution in [1.29, 1.82) is 0 Å². The van der Waals surface area contributed by atoms with E-state index in [4.69, 9.17) is 4.52 Å². The molecular weight excluding hydrogens is 412 g/mol. The van der Waals surface area contributed by atoms with Crippen molar-refractivity contribution in [3.8, 4) is 11.4 Å². The van der Waals surface area contributed by atoms with E-state index >= 15 is 0 Å². The highest BCUT2D eigenvalue weighted by molar-refractivity contribution is 9.10. The smallest absolute Gasteiger partial charge is 0.225 e. The number of pyridine rings is 1. The normalized spacial score (nSPS) is 10.7. The third-order valence-corrected chi connectivity index (χ3v) is 4.18. The van der Waals surface area contributed by atoms with Crippen LogP contribution in [0.5, 0.6) is 0 Å². The molecule has 4 aromatic rings. The maximum absolute atomic E-state index is 5.35. The predicted molar refractivity (Wildman–Crippen MR) is 103 cm³/mol. The minimum Gasteiger partial charge on any atom is -0.359 e. The third kappa shape index (κ3) is 4.11. The molecule has 0 aliphatic carbocycles. The lowest BCUT2D eigenvalue weighted by molar-refractivity contribution is 0.389. The molecule has 0 unspecified atom stereocenters. The van der Waals surface area contributed by atoms with Gasteiger partial charge < -0.3 is 15.2 Å². The first-order valence-electron chi connectivity index (χ1n) is 8.10. The van der Waals surface area contributed by atoms with Gasteiger partial charge >= 0.3 is 0 Å². The minimum absolute atomic E-state index is 0.391. The van der Waals surface area contributed by atoms with Gasteiger partial charge in [-0.1, -0.05) is 11.2 Å². The Bertz CT molecular complexity index is 1050. The number of aryl methyl sites for hydroxylation is 1. The molecule has 9 nitrogen and oxygen atoms in total. The highest BCUT2D eigenvalue weighted by Gasteiger charge is 2.10. The number of H-pyrrole nitrogens is 1. The fourth-order valence-corrected chi connectivity index (χ4v) is 2.63. The Morgan fingerprint density at radius 3 is 2.89 bits per heavy atom. The van der Waals surface area contributed by atoms with Crippen molar-refractivity contribution in [2.45, 2.75) is 13.5 Å². The molecule has 10 heteroatoms. The van der Waals surface area contributed by atoms with Crippen molar-refractivity contribution < 1.29 is 4.52 Å². The fraction of sp³-hybridized carbons (Fsp3) is 0.118. The molecule has 0 amide bonds. The lowest BCUT2D eigenvalue weighted by Crippen LogP contribution is -2.05. The summed E-state index contributed by atoms with van der Waals surface area (Å²) in [6, 6.07) is 9.35. The van der Waals surface area contributed by atoms with Crippen molar-refractivity contribution in [3.63, 3.8) is 0 Å². The first-order valence-corrected chi connectivity index (χ1v) is 8.89. The molecule has 4 heterocycles. The van der Waals surface area contributed by atoms with Crippen molar-refractivity contribution in [2.24, 2.45) is 0 Å². The SMILES string of the molecule is Cc1cc(Nc2nc(NCc3cc(-c4ccccn4)no3)ncc2Br)n[nH]1. The van der Waals surface area contributed by atoms with Crippen LogP contribution in [0.1, 0.15) is 11.5 Å². The van der Waals surface area contributed by atoms with Crippen LogP contribution in [-0.4, -0.2) is 30.3 Å². The minimum atomic E-state index is 0.391. The molecule has 0 atom stereocenters. The molecule has 136 valence electrons. The number of rotatable bonds is 6. The lowest BCUT2D eigenvalue weighted by atomic mass is 10.2. The van der Waals surface area contributed by atoms with Gasteiger partial charge in [0.05, 0.1) is 16.7 Å². The Hall–Kier alpha value is -3.27. The maximum atomic E-state index is 5.35. The zero-order valence-corrected chi connectivity index (χ0v) is 15.9. The number of anilines is 3. The third-order valence-electron chi connectivity index (χ3n) is 3.60. The Labute approximate surface area is 162 Å². The van der Waals surface area contributed by atoms with E-state index in [1.807, 2.05) is 37.3 Å². The van der Waals surface area contributed by atoms with E-state index in [1.165, 1.54) is 0 Å². The molecule has 0 bridgehead atoms. The predicted octanol–water partition coefficient (Wildman–Crippen LogP) is 3.68. The Morgan fingerprint density at radius 1 is 1.19 bits per heavy atom. The summed E-state index contributed by atoms with van der Waals surface area (Å²) in [6.45, 7) is 2.32. The van der Waals surface area contributed by atoms with Gasteiger partial charge in [-0.25, -0.2) is 4.98 Å². The average Bonchev–Trinajstić information content (AvgIpc) is 3.32. The molecule has 27 heavy (non-hydrogen) atoms. The lowest BCUT2D eigenvalue weighted by Gasteiger charge is -2.07. The quantitative estimate of drug-likeness (QED) is 0.427. The average molecular weight is 427 g/mol. The van der Waals surface area contributed by atoms with Crippen molar-refractivity contribution in [3.05, 3.63) is 58.7 Å². The van der Waals surface area contributed by atoms with Gasteiger partial charge in [0, 0.05) is 30.2 Å². The first-order chi connectivity index (χ1) is 13.2. The topological polar surface area (TPSA) is 117 Å². The second-order valence-corrected chi connectivity index (χ2v) is 6.55. The van der Waals surface area contributed by atoms with Crippen molar-refractivity contribution in [1.82, 2.24) is 30.3 Å². The van der Waals surface area contributed by atoms with Crippen molar-refractivity contribution >= 4 is 33.5 Å². The van der Waals surface area contributed by atoms with Crippen molar-refractivity contribution in [2.75, 3.05) is 10.6 Å². The largest absolute Gasteiger partial charge is 0.359 e. The van der Waals surface area contributed by atoms with Gasteiger partial charge in [0.2, 0.25) is 5.95 Å². The number of halogens is 1. The monoisotopic (exact) mass is 426 g/mol. The van der Waals surface area contributed by atoms with Gasteiger partial charge in [0.1, 0.15) is 5.69 Å². The van der Waals surface area contributed by atoms with Crippen LogP contribution in [0.2, 0.25) is 0 Å². The second kappa shape index (κ2) is 7.54. The van der Waals surface area contributed by atoms with Crippen LogP contribution in [0, 0.1) is 6.92 Å². The van der Waals surface area contributed by atoms with Gasteiger partial charge in [0.25, 0.3) is 0 Å². The van der Waals surface area contributed by atoms with E-state index in [0.717, 1.165) is 15.9 Å². The summed E-state index contributed by atoms with van der Waals surface area (Å²) in [6.07, 6.45) is 3.38. The van der Waals surface area contributed by atoms with Crippen LogP contribution in [-0.2, 0) is 6.54 Å². The molecule has 4 aromatic heterocycles. The fourth-order valence-electron chi connectivity index (χ4n) is 2.34. The summed E-state index contributed by atoms with van der Waals surface area (Å²) in [5.41, 5.74) is 2.39. The van der Waals surface area contributed by atoms with Gasteiger partial charge in [-0.15, -0.1) is 0 Å². The molecule has 0 saturated heterocycles. The van der Waals surface area contributed by atoms with Gasteiger partial charge in [-0.3, -0.25) is 10.1 Å². The molecule has 0 spiro atoms. The summed E-state index contributed by atoms with van der Waals surface area (Å²) in [5, 5.41) is 17.3. The van der Waals surface area contributed by atoms with Crippen LogP contribution < -0.4 is 10.6 Å². The standard InChI is InChI=1S/C17H15BrN8O/c1-10-6-15(25-24-10)22-16-12(18)9-21-17(23-16)20-8-11-7-14(26-27-11)13-4-2-3-5-19-13/h2-7,9H,8H2,1H3,(H3,20,21,22,23,24,25). The number of nitrogens with one attached hydrogen (secondary N) is 3.